The van der Waals surface area contributed by atoms with Gasteiger partial charge in [-0.05, 0) is 51.2 Å². The number of hydrogen-bond acceptors (Lipinski definition) is 2. The van der Waals surface area contributed by atoms with Crippen LogP contribution in [0.25, 0.3) is 0 Å². The molecule has 2 nitrogen and oxygen atoms in total. The third kappa shape index (κ3) is 3.43. The summed E-state index contributed by atoms with van der Waals surface area (Å²) in [5.41, 5.74) is 3.93. The van der Waals surface area contributed by atoms with Crippen LogP contribution in [0.3, 0.4) is 0 Å². The fraction of sp³-hybridized carbons (Fsp3) is 0.105. The zero-order valence-corrected chi connectivity index (χ0v) is 13.6. The van der Waals surface area contributed by atoms with Gasteiger partial charge in [-0.1, -0.05) is 54.6 Å². The summed E-state index contributed by atoms with van der Waals surface area (Å²) in [6, 6.07) is 22.1. The third-order valence-electron chi connectivity index (χ3n) is 3.56. The lowest BCUT2D eigenvalue weighted by molar-refractivity contribution is 0.214. The second kappa shape index (κ2) is 6.86. The van der Waals surface area contributed by atoms with E-state index in [2.05, 4.69) is 39.1 Å². The highest BCUT2D eigenvalue weighted by atomic mass is 79.9. The predicted octanol–water partition coefficient (Wildman–Crippen LogP) is 4.52. The second-order valence-electron chi connectivity index (χ2n) is 5.18. The summed E-state index contributed by atoms with van der Waals surface area (Å²) >= 11 is 3.44. The van der Waals surface area contributed by atoms with Crippen molar-refractivity contribution in [3.63, 3.8) is 0 Å². The molecule has 3 rings (SSSR count). The number of aliphatic hydroxyl groups is 1. The zero-order valence-electron chi connectivity index (χ0n) is 12.0. The van der Waals surface area contributed by atoms with Crippen LogP contribution in [0, 0.1) is 0 Å². The van der Waals surface area contributed by atoms with Gasteiger partial charge in [-0.2, -0.15) is 0 Å². The molecular weight excluding hydrogens is 338 g/mol. The summed E-state index contributed by atoms with van der Waals surface area (Å²) in [7, 11) is 0. The molecule has 3 heteroatoms. The molecule has 2 aromatic carbocycles. The molecular formula is C19H16BrNO. The van der Waals surface area contributed by atoms with Crippen molar-refractivity contribution in [2.45, 2.75) is 12.5 Å². The zero-order chi connectivity index (χ0) is 15.4. The van der Waals surface area contributed by atoms with Crippen LogP contribution >= 0.6 is 15.9 Å². The van der Waals surface area contributed by atoms with E-state index in [9.17, 15) is 5.11 Å². The third-order valence-corrected chi connectivity index (χ3v) is 4.23. The first-order valence-electron chi connectivity index (χ1n) is 7.15. The first-order chi connectivity index (χ1) is 10.7. The quantitative estimate of drug-likeness (QED) is 0.748. The number of pyridine rings is 1. The molecule has 3 aromatic rings. The number of benzene rings is 2. The summed E-state index contributed by atoms with van der Waals surface area (Å²) in [6.45, 7) is 0. The molecule has 22 heavy (non-hydrogen) atoms. The molecule has 0 amide bonds. The summed E-state index contributed by atoms with van der Waals surface area (Å²) in [5.74, 6) is 0. The largest absolute Gasteiger partial charge is 0.382 e. The van der Waals surface area contributed by atoms with Crippen LogP contribution in [-0.2, 0) is 6.42 Å². The van der Waals surface area contributed by atoms with E-state index in [0.717, 1.165) is 16.5 Å². The first kappa shape index (κ1) is 14.9. The van der Waals surface area contributed by atoms with Crippen molar-refractivity contribution in [2.24, 2.45) is 0 Å². The van der Waals surface area contributed by atoms with Crippen LogP contribution in [0.15, 0.2) is 77.4 Å². The molecule has 0 bridgehead atoms. The Labute approximate surface area is 138 Å². The summed E-state index contributed by atoms with van der Waals surface area (Å²) < 4.78 is 0.816. The van der Waals surface area contributed by atoms with Gasteiger partial charge in [0.15, 0.2) is 0 Å². The van der Waals surface area contributed by atoms with Gasteiger partial charge < -0.3 is 5.11 Å². The first-order valence-corrected chi connectivity index (χ1v) is 7.94. The van der Waals surface area contributed by atoms with Crippen molar-refractivity contribution in [1.29, 1.82) is 0 Å². The molecule has 0 saturated carbocycles. The van der Waals surface area contributed by atoms with Gasteiger partial charge >= 0.3 is 0 Å². The number of halogens is 1. The number of nitrogens with zero attached hydrogens (tertiary/aromatic N) is 1. The molecule has 0 aliphatic heterocycles. The topological polar surface area (TPSA) is 33.1 Å². The molecule has 1 aromatic heterocycles. The number of aromatic nitrogens is 1. The van der Waals surface area contributed by atoms with Gasteiger partial charge in [0, 0.05) is 10.7 Å². The van der Waals surface area contributed by atoms with Gasteiger partial charge in [0.1, 0.15) is 6.10 Å². The lowest BCUT2D eigenvalue weighted by atomic mass is 9.99. The molecule has 0 aliphatic rings. The van der Waals surface area contributed by atoms with Crippen molar-refractivity contribution in [3.05, 3.63) is 99.8 Å². The molecule has 1 heterocycles. The molecule has 0 fully saturated rings. The average Bonchev–Trinajstić information content (AvgIpc) is 2.56. The van der Waals surface area contributed by atoms with Gasteiger partial charge in [-0.15, -0.1) is 0 Å². The predicted molar refractivity (Wildman–Crippen MR) is 91.7 cm³/mol. The standard InChI is InChI=1S/C19H16BrNO/c20-17-10-5-11-21-18(17)19(22)16-9-4-8-15(13-16)12-14-6-2-1-3-7-14/h1-11,13,19,22H,12H2. The monoisotopic (exact) mass is 353 g/mol. The highest BCUT2D eigenvalue weighted by Crippen LogP contribution is 2.27. The van der Waals surface area contributed by atoms with Crippen molar-refractivity contribution < 1.29 is 5.11 Å². The fourth-order valence-electron chi connectivity index (χ4n) is 2.46. The maximum atomic E-state index is 10.6. The van der Waals surface area contributed by atoms with E-state index < -0.39 is 6.10 Å². The lowest BCUT2D eigenvalue weighted by Crippen LogP contribution is -2.04. The molecule has 0 spiro atoms. The Bertz CT molecular complexity index is 758. The maximum absolute atomic E-state index is 10.6. The Balaban J connectivity index is 1.86. The van der Waals surface area contributed by atoms with Crippen LogP contribution in [-0.4, -0.2) is 10.1 Å². The van der Waals surface area contributed by atoms with E-state index in [1.165, 1.54) is 11.1 Å². The minimum absolute atomic E-state index is 0.638. The molecule has 0 saturated heterocycles. The van der Waals surface area contributed by atoms with Crippen LogP contribution < -0.4 is 0 Å². The minimum Gasteiger partial charge on any atom is -0.382 e. The number of hydrogen-bond donors (Lipinski definition) is 1. The van der Waals surface area contributed by atoms with Crippen LogP contribution in [0.4, 0.5) is 0 Å². The van der Waals surface area contributed by atoms with E-state index in [-0.39, 0.29) is 0 Å². The Morgan fingerprint density at radius 2 is 1.68 bits per heavy atom. The minimum atomic E-state index is -0.730. The lowest BCUT2D eigenvalue weighted by Gasteiger charge is -2.13. The molecule has 110 valence electrons. The van der Waals surface area contributed by atoms with Crippen molar-refractivity contribution in [3.8, 4) is 0 Å². The average molecular weight is 354 g/mol. The normalized spacial score (nSPS) is 12.1. The molecule has 0 aliphatic carbocycles. The molecule has 1 atom stereocenters. The Morgan fingerprint density at radius 3 is 2.45 bits per heavy atom. The van der Waals surface area contributed by atoms with E-state index in [0.29, 0.717) is 5.69 Å². The summed E-state index contributed by atoms with van der Waals surface area (Å²) in [5, 5.41) is 10.6. The van der Waals surface area contributed by atoms with Gasteiger partial charge in [0.2, 0.25) is 0 Å². The Hall–Kier alpha value is -1.97. The molecule has 0 radical (unpaired) electrons. The highest BCUT2D eigenvalue weighted by Gasteiger charge is 2.15. The van der Waals surface area contributed by atoms with Gasteiger partial charge in [0.25, 0.3) is 0 Å². The smallest absolute Gasteiger partial charge is 0.122 e. The number of aliphatic hydroxyl groups excluding tert-OH is 1. The van der Waals surface area contributed by atoms with Gasteiger partial charge in [-0.25, -0.2) is 0 Å². The fourth-order valence-corrected chi connectivity index (χ4v) is 2.93. The van der Waals surface area contributed by atoms with E-state index in [1.807, 2.05) is 48.5 Å². The van der Waals surface area contributed by atoms with E-state index in [4.69, 9.17) is 0 Å². The number of rotatable bonds is 4. The highest BCUT2D eigenvalue weighted by molar-refractivity contribution is 9.10. The van der Waals surface area contributed by atoms with Crippen molar-refractivity contribution in [2.75, 3.05) is 0 Å². The van der Waals surface area contributed by atoms with Crippen molar-refractivity contribution in [1.82, 2.24) is 4.98 Å². The SMILES string of the molecule is OC(c1cccc(Cc2ccccc2)c1)c1ncccc1Br. The second-order valence-corrected chi connectivity index (χ2v) is 6.03. The van der Waals surface area contributed by atoms with E-state index in [1.54, 1.807) is 6.20 Å². The van der Waals surface area contributed by atoms with Gasteiger partial charge in [-0.3, -0.25) is 4.98 Å². The van der Waals surface area contributed by atoms with Crippen LogP contribution in [0.5, 0.6) is 0 Å². The van der Waals surface area contributed by atoms with Crippen LogP contribution in [0.2, 0.25) is 0 Å². The van der Waals surface area contributed by atoms with E-state index >= 15 is 0 Å². The van der Waals surface area contributed by atoms with Gasteiger partial charge in [0.05, 0.1) is 5.69 Å². The Kier molecular flexibility index (Phi) is 4.66. The summed E-state index contributed by atoms with van der Waals surface area (Å²) in [6.07, 6.45) is 1.81. The molecule has 1 unspecified atom stereocenters. The van der Waals surface area contributed by atoms with Crippen molar-refractivity contribution >= 4 is 15.9 Å². The molecule has 1 N–H and O–H groups in total. The van der Waals surface area contributed by atoms with Crippen LogP contribution in [0.1, 0.15) is 28.5 Å². The maximum Gasteiger partial charge on any atom is 0.122 e. The summed E-state index contributed by atoms with van der Waals surface area (Å²) in [4.78, 5) is 4.27. The Morgan fingerprint density at radius 1 is 0.909 bits per heavy atom.